The molecule has 1 aliphatic heterocycles. The van der Waals surface area contributed by atoms with E-state index < -0.39 is 6.26 Å². The molecule has 1 saturated heterocycles. The average Bonchev–Trinajstić information content (AvgIpc) is 2.17. The Hall–Kier alpha value is -1.06. The average molecular weight is 187 g/mol. The van der Waals surface area contributed by atoms with Gasteiger partial charge in [0.2, 0.25) is 0 Å². The molecular formula is C9H15NO3. The number of ether oxygens (including phenoxy) is 1. The highest BCUT2D eigenvalue weighted by Gasteiger charge is 2.22. The van der Waals surface area contributed by atoms with E-state index in [2.05, 4.69) is 4.74 Å². The zero-order valence-electron chi connectivity index (χ0n) is 8.78. The van der Waals surface area contributed by atoms with Gasteiger partial charge >= 0.3 is 6.09 Å². The lowest BCUT2D eigenvalue weighted by atomic mass is 9.94. The van der Waals surface area contributed by atoms with Crippen LogP contribution < -0.4 is 0 Å². The van der Waals surface area contributed by atoms with E-state index in [1.165, 1.54) is 7.11 Å². The van der Waals surface area contributed by atoms with Crippen LogP contribution in [-0.4, -0.2) is 37.5 Å². The van der Waals surface area contributed by atoms with Gasteiger partial charge in [-0.15, -0.1) is 0 Å². The minimum absolute atomic E-state index is 0.265. The molecule has 13 heavy (non-hydrogen) atoms. The smallest absolute Gasteiger partial charge is 0.409 e. The predicted octanol–water partition coefficient (Wildman–Crippen LogP) is 1.05. The van der Waals surface area contributed by atoms with Crippen molar-refractivity contribution in [3.63, 3.8) is 0 Å². The van der Waals surface area contributed by atoms with E-state index in [0.717, 1.165) is 12.8 Å². The minimum atomic E-state index is -0.512. The molecule has 0 N–H and O–H groups in total. The van der Waals surface area contributed by atoms with Gasteiger partial charge in [-0.1, -0.05) is 0 Å². The first-order valence-corrected chi connectivity index (χ1v) is 4.45. The lowest BCUT2D eigenvalue weighted by molar-refractivity contribution is -0.108. The van der Waals surface area contributed by atoms with Crippen molar-refractivity contribution in [3.05, 3.63) is 0 Å². The van der Waals surface area contributed by atoms with Crippen LogP contribution in [-0.2, 0) is 9.53 Å². The summed E-state index contributed by atoms with van der Waals surface area (Å²) in [7, 11) is 1.36. The van der Waals surface area contributed by atoms with E-state index >= 15 is 0 Å². The second-order valence-electron chi connectivity index (χ2n) is 3.25. The molecule has 1 aliphatic rings. The molecule has 0 aromatic carbocycles. The van der Waals surface area contributed by atoms with Gasteiger partial charge in [0.05, 0.1) is 7.11 Å². The third kappa shape index (κ3) is 2.72. The lowest BCUT2D eigenvalue weighted by Gasteiger charge is -2.29. The van der Waals surface area contributed by atoms with Gasteiger partial charge in [0.1, 0.15) is 7.63 Å². The first-order valence-electron chi connectivity index (χ1n) is 4.95. The van der Waals surface area contributed by atoms with Crippen LogP contribution in [0.5, 0.6) is 0 Å². The summed E-state index contributed by atoms with van der Waals surface area (Å²) in [5.74, 6) is 0.265. The number of methoxy groups -OCH3 is 1. The van der Waals surface area contributed by atoms with Crippen LogP contribution in [0, 0.1) is 5.92 Å². The number of rotatable bonds is 2. The van der Waals surface area contributed by atoms with E-state index in [0.29, 0.717) is 19.5 Å². The summed E-state index contributed by atoms with van der Waals surface area (Å²) in [5.41, 5.74) is 0. The number of likely N-dealkylation sites (tertiary alicyclic amines) is 1. The van der Waals surface area contributed by atoms with Crippen molar-refractivity contribution in [2.75, 3.05) is 20.2 Å². The Morgan fingerprint density at radius 2 is 2.31 bits per heavy atom. The summed E-state index contributed by atoms with van der Waals surface area (Å²) >= 11 is 0. The zero-order valence-corrected chi connectivity index (χ0v) is 7.78. The van der Waals surface area contributed by atoms with Crippen LogP contribution in [0.25, 0.3) is 0 Å². The van der Waals surface area contributed by atoms with E-state index in [1.807, 2.05) is 0 Å². The fourth-order valence-electron chi connectivity index (χ4n) is 1.57. The number of piperidine rings is 1. The molecule has 4 heteroatoms. The summed E-state index contributed by atoms with van der Waals surface area (Å²) in [5, 5.41) is 0. The highest BCUT2D eigenvalue weighted by Crippen LogP contribution is 2.19. The Bertz CT molecular complexity index is 224. The molecule has 0 saturated carbocycles. The maximum Gasteiger partial charge on any atom is 0.409 e. The molecule has 0 bridgehead atoms. The number of hydrogen-bond donors (Lipinski definition) is 0. The minimum Gasteiger partial charge on any atom is -0.453 e. The molecular weight excluding hydrogens is 170 g/mol. The molecule has 74 valence electrons. The van der Waals surface area contributed by atoms with Gasteiger partial charge in [-0.25, -0.2) is 4.79 Å². The molecule has 1 rings (SSSR count). The van der Waals surface area contributed by atoms with Crippen molar-refractivity contribution in [3.8, 4) is 0 Å². The monoisotopic (exact) mass is 187 g/mol. The van der Waals surface area contributed by atoms with E-state index in [-0.39, 0.29) is 12.0 Å². The number of nitrogens with zero attached hydrogens (tertiary/aromatic N) is 1. The molecule has 1 amide bonds. The third-order valence-corrected chi connectivity index (χ3v) is 2.42. The largest absolute Gasteiger partial charge is 0.453 e. The Morgan fingerprint density at radius 1 is 1.69 bits per heavy atom. The molecule has 0 aliphatic carbocycles. The molecule has 1 fully saturated rings. The fraction of sp³-hybridized carbons (Fsp3) is 0.778. The Labute approximate surface area is 79.3 Å². The van der Waals surface area contributed by atoms with E-state index in [9.17, 15) is 9.59 Å². The van der Waals surface area contributed by atoms with Crippen LogP contribution in [0.2, 0.25) is 0 Å². The van der Waals surface area contributed by atoms with E-state index in [1.54, 1.807) is 4.90 Å². The standard InChI is InChI=1S/C9H15NO3/c1-13-9(12)10-5-2-8(3-6-10)4-7-11/h7-8H,2-6H2,1H3/i7T. The quantitative estimate of drug-likeness (QED) is 0.607. The normalized spacial score (nSPS) is 19.5. The van der Waals surface area contributed by atoms with Crippen LogP contribution in [0.15, 0.2) is 0 Å². The number of amides is 1. The molecule has 1 heterocycles. The Morgan fingerprint density at radius 3 is 2.77 bits per heavy atom. The van der Waals surface area contributed by atoms with Gasteiger partial charge in [-0.2, -0.15) is 0 Å². The summed E-state index contributed by atoms with van der Waals surface area (Å²) in [6, 6.07) is 0. The third-order valence-electron chi connectivity index (χ3n) is 2.42. The predicted molar refractivity (Wildman–Crippen MR) is 47.4 cm³/mol. The van der Waals surface area contributed by atoms with Gasteiger partial charge < -0.3 is 14.4 Å². The fourth-order valence-corrected chi connectivity index (χ4v) is 1.57. The lowest BCUT2D eigenvalue weighted by Crippen LogP contribution is -2.38. The van der Waals surface area contributed by atoms with Gasteiger partial charge in [-0.3, -0.25) is 0 Å². The maximum atomic E-state index is 11.1. The van der Waals surface area contributed by atoms with Crippen molar-refractivity contribution in [2.45, 2.75) is 19.3 Å². The molecule has 0 spiro atoms. The molecule has 0 radical (unpaired) electrons. The number of aldehydes is 1. The Balaban J connectivity index is 2.31. The number of hydrogen-bond acceptors (Lipinski definition) is 3. The van der Waals surface area contributed by atoms with Gasteiger partial charge in [-0.05, 0) is 18.8 Å². The first kappa shape index (κ1) is 8.53. The number of carbonyl (C=O) groups excluding carboxylic acids is 2. The van der Waals surface area contributed by atoms with Crippen molar-refractivity contribution in [2.24, 2.45) is 5.92 Å². The van der Waals surface area contributed by atoms with Crippen LogP contribution >= 0.6 is 0 Å². The van der Waals surface area contributed by atoms with Gasteiger partial charge in [0, 0.05) is 19.5 Å². The van der Waals surface area contributed by atoms with E-state index in [4.69, 9.17) is 1.37 Å². The SMILES string of the molecule is [3H]C(=O)CC1CCN(C(=O)OC)CC1. The van der Waals surface area contributed by atoms with Gasteiger partial charge in [0.25, 0.3) is 0 Å². The van der Waals surface area contributed by atoms with Crippen molar-refractivity contribution < 1.29 is 15.7 Å². The van der Waals surface area contributed by atoms with Crippen molar-refractivity contribution in [1.29, 1.82) is 0 Å². The van der Waals surface area contributed by atoms with Crippen LogP contribution in [0.3, 0.4) is 0 Å². The molecule has 0 aromatic rings. The Kier molecular flexibility index (Phi) is 3.18. The van der Waals surface area contributed by atoms with Crippen LogP contribution in [0.4, 0.5) is 4.79 Å². The molecule has 0 aromatic heterocycles. The summed E-state index contributed by atoms with van der Waals surface area (Å²) in [4.78, 5) is 23.3. The maximum absolute atomic E-state index is 11.1. The highest BCUT2D eigenvalue weighted by molar-refractivity contribution is 5.67. The summed E-state index contributed by atoms with van der Waals surface area (Å²) in [6.45, 7) is 1.26. The van der Waals surface area contributed by atoms with Crippen LogP contribution in [0.1, 0.15) is 20.6 Å². The number of carbonyl (C=O) groups is 2. The molecule has 4 nitrogen and oxygen atoms in total. The molecule has 0 atom stereocenters. The highest BCUT2D eigenvalue weighted by atomic mass is 16.5. The first-order chi connectivity index (χ1) is 6.63. The molecule has 0 unspecified atom stereocenters. The second kappa shape index (κ2) is 4.84. The van der Waals surface area contributed by atoms with Gasteiger partial charge in [0.15, 0.2) is 0 Å². The summed E-state index contributed by atoms with van der Waals surface area (Å²) in [6.07, 6.45) is 1.08. The second-order valence-corrected chi connectivity index (χ2v) is 3.25. The van der Waals surface area contributed by atoms with Crippen molar-refractivity contribution >= 4 is 12.4 Å². The topological polar surface area (TPSA) is 46.6 Å². The summed E-state index contributed by atoms with van der Waals surface area (Å²) < 4.78 is 11.4. The zero-order chi connectivity index (χ0) is 10.6. The van der Waals surface area contributed by atoms with Crippen molar-refractivity contribution in [1.82, 2.24) is 4.90 Å².